The largest absolute Gasteiger partial charge is 0.345 e. The molecule has 0 spiro atoms. The quantitative estimate of drug-likeness (QED) is 0.566. The number of halogens is 2. The Labute approximate surface area is 45.8 Å². The average Bonchev–Trinajstić information content (AvgIpc) is 1.55. The molecule has 1 N–H and O–H groups in total. The summed E-state index contributed by atoms with van der Waals surface area (Å²) in [6.07, 6.45) is -0.255. The fourth-order valence-corrected chi connectivity index (χ4v) is 0.504. The Morgan fingerprint density at radius 2 is 2.12 bits per heavy atom. The lowest BCUT2D eigenvalue weighted by Gasteiger charge is -2.26. The molecule has 0 bridgehead atoms. The molecule has 48 valence electrons. The Morgan fingerprint density at radius 1 is 1.50 bits per heavy atom. The van der Waals surface area contributed by atoms with Crippen molar-refractivity contribution < 1.29 is 13.5 Å². The third-order valence-corrected chi connectivity index (χ3v) is 1.04. The van der Waals surface area contributed by atoms with E-state index in [0.29, 0.717) is 13.1 Å². The van der Waals surface area contributed by atoms with Crippen molar-refractivity contribution >= 4 is 0 Å². The molecule has 1 aliphatic heterocycles. The van der Waals surface area contributed by atoms with Gasteiger partial charge in [-0.2, -0.15) is 8.78 Å². The molecule has 0 atom stereocenters. The van der Waals surface area contributed by atoms with Crippen LogP contribution < -0.4 is 5.32 Å². The van der Waals surface area contributed by atoms with Crippen LogP contribution in [0, 0.1) is 0 Å². The molecule has 1 heterocycles. The van der Waals surface area contributed by atoms with Gasteiger partial charge < -0.3 is 10.1 Å². The van der Waals surface area contributed by atoms with E-state index in [1.54, 1.807) is 0 Å². The van der Waals surface area contributed by atoms with Gasteiger partial charge in [0.15, 0.2) is 0 Å². The third-order valence-electron chi connectivity index (χ3n) is 1.04. The van der Waals surface area contributed by atoms with Crippen LogP contribution in [0.25, 0.3) is 0 Å². The van der Waals surface area contributed by atoms with E-state index in [4.69, 9.17) is 0 Å². The second-order valence-corrected chi connectivity index (χ2v) is 1.68. The van der Waals surface area contributed by atoms with Gasteiger partial charge in [0.05, 0.1) is 6.10 Å². The normalized spacial score (nSPS) is 21.4. The van der Waals surface area contributed by atoms with E-state index < -0.39 is 6.61 Å². The Kier molecular flexibility index (Phi) is 1.75. The van der Waals surface area contributed by atoms with Crippen LogP contribution in [0.15, 0.2) is 0 Å². The maximum Gasteiger partial charge on any atom is 0.345 e. The van der Waals surface area contributed by atoms with Gasteiger partial charge in [0.25, 0.3) is 0 Å². The first-order valence-corrected chi connectivity index (χ1v) is 2.43. The van der Waals surface area contributed by atoms with E-state index in [1.807, 2.05) is 0 Å². The molecule has 0 aromatic carbocycles. The molecule has 0 saturated carbocycles. The molecular formula is C4H7F2NO. The molecule has 1 aliphatic rings. The number of hydrogen-bond acceptors (Lipinski definition) is 2. The Hall–Kier alpha value is -0.220. The third kappa shape index (κ3) is 1.38. The highest BCUT2D eigenvalue weighted by Crippen LogP contribution is 2.04. The van der Waals surface area contributed by atoms with Crippen molar-refractivity contribution in [1.29, 1.82) is 0 Å². The van der Waals surface area contributed by atoms with Gasteiger partial charge in [-0.3, -0.25) is 0 Å². The lowest BCUT2D eigenvalue weighted by Crippen LogP contribution is -2.49. The maximum absolute atomic E-state index is 11.3. The summed E-state index contributed by atoms with van der Waals surface area (Å²) in [6.45, 7) is -1.49. The predicted molar refractivity (Wildman–Crippen MR) is 23.7 cm³/mol. The second-order valence-electron chi connectivity index (χ2n) is 1.68. The summed E-state index contributed by atoms with van der Waals surface area (Å²) < 4.78 is 26.6. The second kappa shape index (κ2) is 2.37. The number of hydrogen-bond donors (Lipinski definition) is 1. The minimum Gasteiger partial charge on any atom is -0.317 e. The van der Waals surface area contributed by atoms with Crippen molar-refractivity contribution in [3.05, 3.63) is 0 Å². The summed E-state index contributed by atoms with van der Waals surface area (Å²) in [5.41, 5.74) is 0. The zero-order valence-corrected chi connectivity index (χ0v) is 4.23. The van der Waals surface area contributed by atoms with Crippen LogP contribution in [0.2, 0.25) is 0 Å². The van der Waals surface area contributed by atoms with E-state index >= 15 is 0 Å². The summed E-state index contributed by atoms with van der Waals surface area (Å²) in [6, 6.07) is 0. The van der Waals surface area contributed by atoms with Crippen molar-refractivity contribution in [3.63, 3.8) is 0 Å². The first-order chi connectivity index (χ1) is 3.79. The van der Waals surface area contributed by atoms with Gasteiger partial charge in [-0.15, -0.1) is 0 Å². The average molecular weight is 123 g/mol. The highest BCUT2D eigenvalue weighted by atomic mass is 19.3. The molecule has 0 aromatic rings. The fourth-order valence-electron chi connectivity index (χ4n) is 0.504. The van der Waals surface area contributed by atoms with Gasteiger partial charge >= 0.3 is 6.61 Å². The molecule has 1 fully saturated rings. The first-order valence-electron chi connectivity index (χ1n) is 2.43. The minimum atomic E-state index is -2.61. The van der Waals surface area contributed by atoms with Gasteiger partial charge in [-0.1, -0.05) is 0 Å². The number of ether oxygens (including phenoxy) is 1. The SMILES string of the molecule is FC(F)OC1CNC1. The van der Waals surface area contributed by atoms with Crippen LogP contribution in [-0.4, -0.2) is 25.8 Å². The molecule has 0 amide bonds. The molecule has 0 unspecified atom stereocenters. The van der Waals surface area contributed by atoms with Crippen molar-refractivity contribution in [3.8, 4) is 0 Å². The number of alkyl halides is 2. The highest BCUT2D eigenvalue weighted by Gasteiger charge is 2.20. The summed E-state index contributed by atoms with van der Waals surface area (Å²) >= 11 is 0. The van der Waals surface area contributed by atoms with Gasteiger partial charge in [-0.25, -0.2) is 0 Å². The van der Waals surface area contributed by atoms with Gasteiger partial charge in [-0.05, 0) is 0 Å². The lowest BCUT2D eigenvalue weighted by atomic mass is 10.2. The highest BCUT2D eigenvalue weighted by molar-refractivity contribution is 4.74. The predicted octanol–water partition coefficient (Wildman–Crippen LogP) is 0.197. The zero-order valence-electron chi connectivity index (χ0n) is 4.23. The van der Waals surface area contributed by atoms with Gasteiger partial charge in [0, 0.05) is 13.1 Å². The molecule has 0 aliphatic carbocycles. The molecule has 1 saturated heterocycles. The Morgan fingerprint density at radius 3 is 2.25 bits per heavy atom. The number of rotatable bonds is 2. The van der Waals surface area contributed by atoms with Crippen LogP contribution in [0.4, 0.5) is 8.78 Å². The van der Waals surface area contributed by atoms with E-state index in [-0.39, 0.29) is 6.10 Å². The molecule has 0 radical (unpaired) electrons. The van der Waals surface area contributed by atoms with Crippen LogP contribution >= 0.6 is 0 Å². The van der Waals surface area contributed by atoms with E-state index in [1.165, 1.54) is 0 Å². The molecular weight excluding hydrogens is 116 g/mol. The Balaban J connectivity index is 2.01. The Bertz CT molecular complexity index is 74.4. The molecule has 0 aromatic heterocycles. The molecule has 2 nitrogen and oxygen atoms in total. The minimum absolute atomic E-state index is 0.255. The standard InChI is InChI=1S/C4H7F2NO/c5-4(6)8-3-1-7-2-3/h3-4,7H,1-2H2. The smallest absolute Gasteiger partial charge is 0.317 e. The van der Waals surface area contributed by atoms with Crippen molar-refractivity contribution in [1.82, 2.24) is 5.32 Å². The first kappa shape index (κ1) is 5.91. The lowest BCUT2D eigenvalue weighted by molar-refractivity contribution is -0.172. The summed E-state index contributed by atoms with van der Waals surface area (Å²) in [4.78, 5) is 0. The maximum atomic E-state index is 11.3. The van der Waals surface area contributed by atoms with E-state index in [0.717, 1.165) is 0 Å². The van der Waals surface area contributed by atoms with Crippen LogP contribution in [0.3, 0.4) is 0 Å². The monoisotopic (exact) mass is 123 g/mol. The van der Waals surface area contributed by atoms with Crippen molar-refractivity contribution in [2.24, 2.45) is 0 Å². The molecule has 1 rings (SSSR count). The van der Waals surface area contributed by atoms with Crippen LogP contribution in [-0.2, 0) is 4.74 Å². The van der Waals surface area contributed by atoms with Gasteiger partial charge in [0.1, 0.15) is 0 Å². The molecule has 8 heavy (non-hydrogen) atoms. The van der Waals surface area contributed by atoms with Gasteiger partial charge in [0.2, 0.25) is 0 Å². The fraction of sp³-hybridized carbons (Fsp3) is 1.00. The molecule has 4 heteroatoms. The number of nitrogens with one attached hydrogen (secondary N) is 1. The summed E-state index contributed by atoms with van der Waals surface area (Å²) in [5, 5.41) is 2.81. The van der Waals surface area contributed by atoms with Crippen LogP contribution in [0.1, 0.15) is 0 Å². The van der Waals surface area contributed by atoms with E-state index in [9.17, 15) is 8.78 Å². The van der Waals surface area contributed by atoms with E-state index in [2.05, 4.69) is 10.1 Å². The van der Waals surface area contributed by atoms with Crippen LogP contribution in [0.5, 0.6) is 0 Å². The van der Waals surface area contributed by atoms with Crippen molar-refractivity contribution in [2.45, 2.75) is 12.7 Å². The summed E-state index contributed by atoms with van der Waals surface area (Å²) in [5.74, 6) is 0. The topological polar surface area (TPSA) is 21.3 Å². The zero-order chi connectivity index (χ0) is 5.98. The summed E-state index contributed by atoms with van der Waals surface area (Å²) in [7, 11) is 0. The van der Waals surface area contributed by atoms with Crippen molar-refractivity contribution in [2.75, 3.05) is 13.1 Å².